The van der Waals surface area contributed by atoms with Crippen molar-refractivity contribution >= 4 is 11.6 Å². The lowest BCUT2D eigenvalue weighted by Crippen LogP contribution is -2.24. The average Bonchev–Trinajstić information content (AvgIpc) is 2.42. The number of carbonyl (C=O) groups excluding carboxylic acids is 1. The maximum atomic E-state index is 11.7. The summed E-state index contributed by atoms with van der Waals surface area (Å²) in [6.45, 7) is 4.43. The van der Waals surface area contributed by atoms with Crippen LogP contribution in [0.25, 0.3) is 0 Å². The summed E-state index contributed by atoms with van der Waals surface area (Å²) in [5.41, 5.74) is 3.92. The topological polar surface area (TPSA) is 41.5 Å². The molecular weight excluding hydrogens is 236 g/mol. The Labute approximate surface area is 118 Å². The minimum Gasteiger partial charge on any atom is -0.273 e. The third-order valence-electron chi connectivity index (χ3n) is 3.97. The maximum absolute atomic E-state index is 11.7. The van der Waals surface area contributed by atoms with Crippen molar-refractivity contribution in [3.8, 4) is 0 Å². The smallest absolute Gasteiger partial charge is 0.240 e. The number of carbonyl (C=O) groups is 1. The lowest BCUT2D eigenvalue weighted by molar-refractivity contribution is -0.121. The van der Waals surface area contributed by atoms with Gasteiger partial charge in [-0.3, -0.25) is 4.79 Å². The van der Waals surface area contributed by atoms with Gasteiger partial charge in [-0.15, -0.1) is 0 Å². The van der Waals surface area contributed by atoms with E-state index in [1.54, 1.807) is 0 Å². The fourth-order valence-electron chi connectivity index (χ4n) is 2.59. The highest BCUT2D eigenvalue weighted by Gasteiger charge is 2.15. The van der Waals surface area contributed by atoms with Gasteiger partial charge in [-0.1, -0.05) is 52.4 Å². The van der Waals surface area contributed by atoms with Crippen LogP contribution in [0.15, 0.2) is 5.10 Å². The van der Waals surface area contributed by atoms with E-state index >= 15 is 0 Å². The van der Waals surface area contributed by atoms with Crippen molar-refractivity contribution in [2.45, 2.75) is 84.5 Å². The van der Waals surface area contributed by atoms with Crippen molar-refractivity contribution in [3.63, 3.8) is 0 Å². The third kappa shape index (κ3) is 7.34. The molecule has 0 saturated heterocycles. The summed E-state index contributed by atoms with van der Waals surface area (Å²) in [5.74, 6) is 0.629. The van der Waals surface area contributed by atoms with Crippen LogP contribution in [0.5, 0.6) is 0 Å². The van der Waals surface area contributed by atoms with Gasteiger partial charge < -0.3 is 0 Å². The van der Waals surface area contributed by atoms with Crippen molar-refractivity contribution in [3.05, 3.63) is 0 Å². The normalized spacial score (nSPS) is 21.6. The SMILES string of the molecule is CCCCCCCCC(=O)NN=C1CCCCC1C. The highest BCUT2D eigenvalue weighted by Crippen LogP contribution is 2.20. The molecule has 0 spiro atoms. The first kappa shape index (κ1) is 16.2. The second-order valence-corrected chi connectivity index (χ2v) is 5.80. The highest BCUT2D eigenvalue weighted by molar-refractivity contribution is 5.88. The molecule has 1 unspecified atom stereocenters. The summed E-state index contributed by atoms with van der Waals surface area (Å²) in [4.78, 5) is 11.7. The molecule has 0 radical (unpaired) electrons. The van der Waals surface area contributed by atoms with E-state index in [4.69, 9.17) is 0 Å². The molecule has 3 nitrogen and oxygen atoms in total. The lowest BCUT2D eigenvalue weighted by Gasteiger charge is -2.19. The second kappa shape index (κ2) is 9.99. The number of nitrogens with zero attached hydrogens (tertiary/aromatic N) is 1. The molecule has 0 aromatic rings. The Kier molecular flexibility index (Phi) is 8.52. The summed E-state index contributed by atoms with van der Waals surface area (Å²) in [6, 6.07) is 0. The Bertz CT molecular complexity index is 286. The van der Waals surface area contributed by atoms with Gasteiger partial charge in [0.25, 0.3) is 0 Å². The van der Waals surface area contributed by atoms with E-state index in [0.29, 0.717) is 12.3 Å². The zero-order valence-corrected chi connectivity index (χ0v) is 12.7. The molecule has 110 valence electrons. The second-order valence-electron chi connectivity index (χ2n) is 5.80. The number of hydrogen-bond acceptors (Lipinski definition) is 2. The third-order valence-corrected chi connectivity index (χ3v) is 3.97. The van der Waals surface area contributed by atoms with Gasteiger partial charge in [0.05, 0.1) is 0 Å². The van der Waals surface area contributed by atoms with Crippen LogP contribution in [0.3, 0.4) is 0 Å². The van der Waals surface area contributed by atoms with Crippen molar-refractivity contribution in [2.75, 3.05) is 0 Å². The number of unbranched alkanes of at least 4 members (excludes halogenated alkanes) is 5. The zero-order chi connectivity index (χ0) is 13.9. The van der Waals surface area contributed by atoms with Crippen LogP contribution in [0.1, 0.15) is 84.5 Å². The number of hydrogen-bond donors (Lipinski definition) is 1. The fraction of sp³-hybridized carbons (Fsp3) is 0.875. The van der Waals surface area contributed by atoms with E-state index < -0.39 is 0 Å². The predicted octanol–water partition coefficient (Wildman–Crippen LogP) is 4.42. The van der Waals surface area contributed by atoms with Crippen molar-refractivity contribution in [1.29, 1.82) is 0 Å². The average molecular weight is 266 g/mol. The molecule has 19 heavy (non-hydrogen) atoms. The maximum Gasteiger partial charge on any atom is 0.240 e. The minimum absolute atomic E-state index is 0.0840. The summed E-state index contributed by atoms with van der Waals surface area (Å²) in [6.07, 6.45) is 12.7. The van der Waals surface area contributed by atoms with Crippen LogP contribution in [0.4, 0.5) is 0 Å². The van der Waals surface area contributed by atoms with Gasteiger partial charge in [0.15, 0.2) is 0 Å². The van der Waals surface area contributed by atoms with Crippen molar-refractivity contribution < 1.29 is 4.79 Å². The molecule has 1 rings (SSSR count). The van der Waals surface area contributed by atoms with Crippen LogP contribution in [0, 0.1) is 5.92 Å². The molecule has 3 heteroatoms. The largest absolute Gasteiger partial charge is 0.273 e. The Morgan fingerprint density at radius 3 is 2.68 bits per heavy atom. The first-order chi connectivity index (χ1) is 9.24. The van der Waals surface area contributed by atoms with Gasteiger partial charge in [0, 0.05) is 12.1 Å². The lowest BCUT2D eigenvalue weighted by atomic mass is 9.89. The van der Waals surface area contributed by atoms with Gasteiger partial charge in [-0.25, -0.2) is 5.43 Å². The standard InChI is InChI=1S/C16H30N2O/c1-3-4-5-6-7-8-13-16(19)18-17-15-12-10-9-11-14(15)2/h14H,3-13H2,1-2H3,(H,18,19). The van der Waals surface area contributed by atoms with Gasteiger partial charge in [0.2, 0.25) is 5.91 Å². The molecule has 1 aliphatic rings. The molecule has 1 fully saturated rings. The molecule has 0 aromatic heterocycles. The van der Waals surface area contributed by atoms with E-state index in [0.717, 1.165) is 12.8 Å². The molecule has 1 N–H and O–H groups in total. The molecule has 1 aliphatic carbocycles. The summed E-state index contributed by atoms with van der Waals surface area (Å²) in [5, 5.41) is 4.31. The molecule has 0 aromatic carbocycles. The first-order valence-corrected chi connectivity index (χ1v) is 8.09. The Morgan fingerprint density at radius 1 is 1.21 bits per heavy atom. The van der Waals surface area contributed by atoms with Crippen molar-refractivity contribution in [1.82, 2.24) is 5.43 Å². The van der Waals surface area contributed by atoms with Crippen LogP contribution in [-0.2, 0) is 4.79 Å². The molecule has 1 atom stereocenters. The van der Waals surface area contributed by atoms with E-state index in [1.165, 1.54) is 57.1 Å². The quantitative estimate of drug-likeness (QED) is 0.513. The zero-order valence-electron chi connectivity index (χ0n) is 12.7. The highest BCUT2D eigenvalue weighted by atomic mass is 16.2. The Morgan fingerprint density at radius 2 is 1.95 bits per heavy atom. The van der Waals surface area contributed by atoms with Crippen LogP contribution < -0.4 is 5.43 Å². The van der Waals surface area contributed by atoms with Crippen LogP contribution in [-0.4, -0.2) is 11.6 Å². The number of nitrogens with one attached hydrogen (secondary N) is 1. The number of hydrazone groups is 1. The number of amides is 1. The predicted molar refractivity (Wildman–Crippen MR) is 81.2 cm³/mol. The molecule has 1 amide bonds. The van der Waals surface area contributed by atoms with E-state index in [1.807, 2.05) is 0 Å². The minimum atomic E-state index is 0.0840. The van der Waals surface area contributed by atoms with Gasteiger partial charge in [-0.2, -0.15) is 5.10 Å². The molecule has 0 bridgehead atoms. The van der Waals surface area contributed by atoms with Gasteiger partial charge in [-0.05, 0) is 31.6 Å². The Balaban J connectivity index is 2.08. The fourth-order valence-corrected chi connectivity index (χ4v) is 2.59. The van der Waals surface area contributed by atoms with E-state index in [2.05, 4.69) is 24.4 Å². The number of rotatable bonds is 8. The molecular formula is C16H30N2O. The van der Waals surface area contributed by atoms with Crippen molar-refractivity contribution in [2.24, 2.45) is 11.0 Å². The Hall–Kier alpha value is -0.860. The molecule has 0 aliphatic heterocycles. The summed E-state index contributed by atoms with van der Waals surface area (Å²) >= 11 is 0. The van der Waals surface area contributed by atoms with Crippen LogP contribution in [0.2, 0.25) is 0 Å². The van der Waals surface area contributed by atoms with E-state index in [-0.39, 0.29) is 5.91 Å². The first-order valence-electron chi connectivity index (χ1n) is 8.09. The summed E-state index contributed by atoms with van der Waals surface area (Å²) < 4.78 is 0. The molecule has 0 heterocycles. The summed E-state index contributed by atoms with van der Waals surface area (Å²) in [7, 11) is 0. The molecule has 1 saturated carbocycles. The van der Waals surface area contributed by atoms with Gasteiger partial charge >= 0.3 is 0 Å². The van der Waals surface area contributed by atoms with Gasteiger partial charge in [0.1, 0.15) is 0 Å². The van der Waals surface area contributed by atoms with Crippen LogP contribution >= 0.6 is 0 Å². The monoisotopic (exact) mass is 266 g/mol. The van der Waals surface area contributed by atoms with E-state index in [9.17, 15) is 4.79 Å².